The molecule has 0 spiro atoms. The van der Waals surface area contributed by atoms with Crippen LogP contribution in [0.25, 0.3) is 0 Å². The van der Waals surface area contributed by atoms with Gasteiger partial charge in [-0.05, 0) is 54.3 Å². The van der Waals surface area contributed by atoms with E-state index >= 15 is 0 Å². The molecule has 4 rings (SSSR count). The molecule has 32 heavy (non-hydrogen) atoms. The lowest BCUT2D eigenvalue weighted by molar-refractivity contribution is -0.136. The van der Waals surface area contributed by atoms with E-state index in [0.717, 1.165) is 30.8 Å². The lowest BCUT2D eigenvalue weighted by atomic mass is 9.98. The molecule has 1 atom stereocenters. The molecule has 0 aliphatic carbocycles. The predicted molar refractivity (Wildman–Crippen MR) is 121 cm³/mol. The molecule has 1 aliphatic heterocycles. The third-order valence-electron chi connectivity index (χ3n) is 5.74. The molecule has 0 unspecified atom stereocenters. The van der Waals surface area contributed by atoms with Gasteiger partial charge in [0, 0.05) is 19.6 Å². The number of methoxy groups -OCH3 is 1. The number of carbonyl (C=O) groups is 2. The molecule has 166 valence electrons. The van der Waals surface area contributed by atoms with E-state index in [1.807, 2.05) is 31.2 Å². The van der Waals surface area contributed by atoms with Gasteiger partial charge in [0.2, 0.25) is 0 Å². The Morgan fingerprint density at radius 1 is 1.09 bits per heavy atom. The van der Waals surface area contributed by atoms with Crippen LogP contribution in [0.2, 0.25) is 0 Å². The van der Waals surface area contributed by atoms with Crippen molar-refractivity contribution in [3.8, 4) is 5.75 Å². The Morgan fingerprint density at radius 2 is 1.91 bits per heavy atom. The van der Waals surface area contributed by atoms with E-state index < -0.39 is 11.8 Å². The molecule has 2 heterocycles. The first-order valence-electron chi connectivity index (χ1n) is 10.6. The third-order valence-corrected chi connectivity index (χ3v) is 5.74. The second-order valence-electron chi connectivity index (χ2n) is 7.89. The highest BCUT2D eigenvalue weighted by atomic mass is 16.5. The normalized spacial score (nSPS) is 14.3. The van der Waals surface area contributed by atoms with Crippen LogP contribution in [0.15, 0.2) is 65.3 Å². The third kappa shape index (κ3) is 4.84. The maximum absolute atomic E-state index is 12.6. The summed E-state index contributed by atoms with van der Waals surface area (Å²) in [4.78, 5) is 27.4. The Hall–Kier alpha value is -3.58. The van der Waals surface area contributed by atoms with Crippen LogP contribution in [0.1, 0.15) is 28.5 Å². The maximum atomic E-state index is 12.6. The van der Waals surface area contributed by atoms with Crippen LogP contribution in [-0.2, 0) is 22.6 Å². The highest BCUT2D eigenvalue weighted by Gasteiger charge is 2.28. The number of aryl methyl sites for hydroxylation is 1. The first-order chi connectivity index (χ1) is 15.5. The monoisotopic (exact) mass is 433 g/mol. The highest BCUT2D eigenvalue weighted by Crippen LogP contribution is 2.28. The largest absolute Gasteiger partial charge is 0.495 e. The molecule has 0 bridgehead atoms. The maximum Gasteiger partial charge on any atom is 0.313 e. The quantitative estimate of drug-likeness (QED) is 0.582. The molecule has 0 radical (unpaired) electrons. The standard InChI is InChI=1S/C25H27N3O4/c1-17-9-10-22(31-2)20(14-17)27-25(30)24(29)26-15-21(23-8-5-13-32-23)28-12-11-18-6-3-4-7-19(18)16-28/h3-10,13-14,21H,11-12,15-16H2,1-2H3,(H,26,29)(H,27,30)/t21-/m0/s1. The van der Waals surface area contributed by atoms with E-state index in [1.165, 1.54) is 18.2 Å². The fraction of sp³-hybridized carbons (Fsp3) is 0.280. The van der Waals surface area contributed by atoms with Gasteiger partial charge in [-0.25, -0.2) is 0 Å². The van der Waals surface area contributed by atoms with Crippen LogP contribution in [0.3, 0.4) is 0 Å². The molecule has 2 N–H and O–H groups in total. The Morgan fingerprint density at radius 3 is 2.66 bits per heavy atom. The molecule has 0 saturated carbocycles. The molecular weight excluding hydrogens is 406 g/mol. The molecule has 1 aromatic heterocycles. The molecule has 2 aromatic carbocycles. The Bertz CT molecular complexity index is 1090. The number of nitrogens with one attached hydrogen (secondary N) is 2. The summed E-state index contributed by atoms with van der Waals surface area (Å²) >= 11 is 0. The number of furan rings is 1. The minimum atomic E-state index is -0.740. The van der Waals surface area contributed by atoms with Gasteiger partial charge >= 0.3 is 11.8 Å². The van der Waals surface area contributed by atoms with Gasteiger partial charge in [0.25, 0.3) is 0 Å². The smallest absolute Gasteiger partial charge is 0.313 e. The zero-order valence-corrected chi connectivity index (χ0v) is 18.3. The van der Waals surface area contributed by atoms with E-state index in [-0.39, 0.29) is 12.6 Å². The van der Waals surface area contributed by atoms with Crippen LogP contribution in [0.4, 0.5) is 5.69 Å². The average molecular weight is 434 g/mol. The molecule has 3 aromatic rings. The summed E-state index contributed by atoms with van der Waals surface area (Å²) in [5.74, 6) is -0.193. The van der Waals surface area contributed by atoms with Crippen molar-refractivity contribution < 1.29 is 18.7 Å². The van der Waals surface area contributed by atoms with Crippen molar-refractivity contribution in [1.82, 2.24) is 10.2 Å². The minimum Gasteiger partial charge on any atom is -0.495 e. The van der Waals surface area contributed by atoms with Gasteiger partial charge in [-0.15, -0.1) is 0 Å². The number of rotatable bonds is 6. The molecule has 0 fully saturated rings. The van der Waals surface area contributed by atoms with Crippen LogP contribution < -0.4 is 15.4 Å². The van der Waals surface area contributed by atoms with Gasteiger partial charge in [0.05, 0.1) is 25.1 Å². The SMILES string of the molecule is COc1ccc(C)cc1NC(=O)C(=O)NC[C@@H](c1ccco1)N1CCc2ccccc2C1. The molecule has 2 amide bonds. The van der Waals surface area contributed by atoms with Crippen molar-refractivity contribution in [3.63, 3.8) is 0 Å². The van der Waals surface area contributed by atoms with Crippen LogP contribution in [0, 0.1) is 6.92 Å². The van der Waals surface area contributed by atoms with Gasteiger partial charge in [0.15, 0.2) is 0 Å². The first-order valence-corrected chi connectivity index (χ1v) is 10.6. The van der Waals surface area contributed by atoms with Crippen molar-refractivity contribution in [1.29, 1.82) is 0 Å². The zero-order valence-electron chi connectivity index (χ0n) is 18.3. The summed E-state index contributed by atoms with van der Waals surface area (Å²) in [6.45, 7) is 3.75. The summed E-state index contributed by atoms with van der Waals surface area (Å²) in [7, 11) is 1.52. The number of amides is 2. The predicted octanol–water partition coefficient (Wildman–Crippen LogP) is 3.45. The average Bonchev–Trinajstić information content (AvgIpc) is 3.33. The van der Waals surface area contributed by atoms with Gasteiger partial charge in [-0.1, -0.05) is 30.3 Å². The number of carbonyl (C=O) groups excluding carboxylic acids is 2. The lowest BCUT2D eigenvalue weighted by Crippen LogP contribution is -2.43. The van der Waals surface area contributed by atoms with E-state index in [0.29, 0.717) is 11.4 Å². The molecule has 1 aliphatic rings. The summed E-state index contributed by atoms with van der Waals surface area (Å²) < 4.78 is 10.9. The lowest BCUT2D eigenvalue weighted by Gasteiger charge is -2.34. The van der Waals surface area contributed by atoms with Crippen LogP contribution in [-0.4, -0.2) is 36.9 Å². The molecule has 7 heteroatoms. The molecule has 0 saturated heterocycles. The number of hydrogen-bond donors (Lipinski definition) is 2. The second kappa shape index (κ2) is 9.70. The molecule has 7 nitrogen and oxygen atoms in total. The van der Waals surface area contributed by atoms with E-state index in [4.69, 9.17) is 9.15 Å². The van der Waals surface area contributed by atoms with Crippen molar-refractivity contribution in [3.05, 3.63) is 83.3 Å². The number of fused-ring (bicyclic) bond motifs is 1. The Balaban J connectivity index is 1.43. The van der Waals surface area contributed by atoms with Crippen LogP contribution >= 0.6 is 0 Å². The number of nitrogens with zero attached hydrogens (tertiary/aromatic N) is 1. The zero-order chi connectivity index (χ0) is 22.5. The van der Waals surface area contributed by atoms with Crippen molar-refractivity contribution in [2.24, 2.45) is 0 Å². The van der Waals surface area contributed by atoms with Gasteiger partial charge < -0.3 is 19.8 Å². The topological polar surface area (TPSA) is 83.8 Å². The van der Waals surface area contributed by atoms with Crippen LogP contribution in [0.5, 0.6) is 5.75 Å². The summed E-state index contributed by atoms with van der Waals surface area (Å²) in [5.41, 5.74) is 4.02. The Kier molecular flexibility index (Phi) is 6.56. The van der Waals surface area contributed by atoms with E-state index in [2.05, 4.69) is 33.7 Å². The summed E-state index contributed by atoms with van der Waals surface area (Å²) in [6, 6.07) is 17.3. The van der Waals surface area contributed by atoms with Gasteiger partial charge in [0.1, 0.15) is 11.5 Å². The van der Waals surface area contributed by atoms with Crippen molar-refractivity contribution in [2.45, 2.75) is 25.9 Å². The van der Waals surface area contributed by atoms with E-state index in [1.54, 1.807) is 18.4 Å². The van der Waals surface area contributed by atoms with Crippen molar-refractivity contribution >= 4 is 17.5 Å². The number of benzene rings is 2. The highest BCUT2D eigenvalue weighted by molar-refractivity contribution is 6.39. The van der Waals surface area contributed by atoms with E-state index in [9.17, 15) is 9.59 Å². The minimum absolute atomic E-state index is 0.177. The molecular formula is C25H27N3O4. The number of ether oxygens (including phenoxy) is 1. The second-order valence-corrected chi connectivity index (χ2v) is 7.89. The number of anilines is 1. The Labute approximate surface area is 187 Å². The first kappa shape index (κ1) is 21.6. The summed E-state index contributed by atoms with van der Waals surface area (Å²) in [6.07, 6.45) is 2.55. The fourth-order valence-electron chi connectivity index (χ4n) is 4.04. The van der Waals surface area contributed by atoms with Gasteiger partial charge in [-0.2, -0.15) is 0 Å². The van der Waals surface area contributed by atoms with Crippen molar-refractivity contribution in [2.75, 3.05) is 25.5 Å². The number of hydrogen-bond acceptors (Lipinski definition) is 5. The van der Waals surface area contributed by atoms with Gasteiger partial charge in [-0.3, -0.25) is 14.5 Å². The fourth-order valence-corrected chi connectivity index (χ4v) is 4.04. The summed E-state index contributed by atoms with van der Waals surface area (Å²) in [5, 5.41) is 5.41.